The molecule has 1 saturated carbocycles. The lowest BCUT2D eigenvalue weighted by Gasteiger charge is -2.27. The Morgan fingerprint density at radius 2 is 2.14 bits per heavy atom. The summed E-state index contributed by atoms with van der Waals surface area (Å²) >= 11 is 0. The van der Waals surface area contributed by atoms with E-state index in [1.807, 2.05) is 26.0 Å². The summed E-state index contributed by atoms with van der Waals surface area (Å²) in [6.45, 7) is 7.62. The predicted molar refractivity (Wildman–Crippen MR) is 86.4 cm³/mol. The molecule has 0 amide bonds. The van der Waals surface area contributed by atoms with Gasteiger partial charge in [0.15, 0.2) is 0 Å². The normalized spacial score (nSPS) is 23.8. The minimum Gasteiger partial charge on any atom is -0.494 e. The Kier molecular flexibility index (Phi) is 6.07. The fraction of sp³-hybridized carbons (Fsp3) is 0.667. The van der Waals surface area contributed by atoms with Crippen LogP contribution in [0.4, 0.5) is 0 Å². The maximum Gasteiger partial charge on any atom is 0.124 e. The number of benzene rings is 1. The van der Waals surface area contributed by atoms with Crippen molar-refractivity contribution in [1.29, 1.82) is 0 Å². The van der Waals surface area contributed by atoms with Crippen LogP contribution >= 0.6 is 0 Å². The highest BCUT2D eigenvalue weighted by atomic mass is 16.5. The van der Waals surface area contributed by atoms with E-state index in [4.69, 9.17) is 15.2 Å². The second-order valence-electron chi connectivity index (χ2n) is 6.29. The molecule has 0 bridgehead atoms. The molecule has 1 fully saturated rings. The third kappa shape index (κ3) is 4.72. The summed E-state index contributed by atoms with van der Waals surface area (Å²) in [7, 11) is 0. The summed E-state index contributed by atoms with van der Waals surface area (Å²) in [6.07, 6.45) is 5.37. The van der Waals surface area contributed by atoms with Crippen molar-refractivity contribution in [2.24, 2.45) is 11.7 Å². The summed E-state index contributed by atoms with van der Waals surface area (Å²) in [4.78, 5) is 0. The quantitative estimate of drug-likeness (QED) is 0.854. The standard InChI is InChI=1S/C18H29NO2/c1-4-20-18-9-8-15(14(3)19)11-16(18)12-21-17-7-5-6-13(2)10-17/h8-9,11,13-14,17H,4-7,10,12,19H2,1-3H3. The van der Waals surface area contributed by atoms with Gasteiger partial charge in [0.25, 0.3) is 0 Å². The molecular weight excluding hydrogens is 262 g/mol. The zero-order valence-electron chi connectivity index (χ0n) is 13.6. The topological polar surface area (TPSA) is 44.5 Å². The molecule has 1 aliphatic carbocycles. The van der Waals surface area contributed by atoms with Gasteiger partial charge in [-0.2, -0.15) is 0 Å². The van der Waals surface area contributed by atoms with Crippen molar-refractivity contribution in [2.45, 2.75) is 65.2 Å². The van der Waals surface area contributed by atoms with E-state index in [0.717, 1.165) is 22.8 Å². The van der Waals surface area contributed by atoms with Crippen LogP contribution in [0.3, 0.4) is 0 Å². The fourth-order valence-electron chi connectivity index (χ4n) is 3.03. The number of nitrogens with two attached hydrogens (primary N) is 1. The number of rotatable bonds is 6. The molecular formula is C18H29NO2. The first-order valence-electron chi connectivity index (χ1n) is 8.23. The Balaban J connectivity index is 2.03. The lowest BCUT2D eigenvalue weighted by Crippen LogP contribution is -2.21. The molecule has 118 valence electrons. The average molecular weight is 291 g/mol. The van der Waals surface area contributed by atoms with Crippen LogP contribution in [0.5, 0.6) is 5.75 Å². The van der Waals surface area contributed by atoms with Crippen molar-refractivity contribution >= 4 is 0 Å². The summed E-state index contributed by atoms with van der Waals surface area (Å²) in [5, 5.41) is 0. The van der Waals surface area contributed by atoms with Crippen molar-refractivity contribution in [3.05, 3.63) is 29.3 Å². The summed E-state index contributed by atoms with van der Waals surface area (Å²) in [5.41, 5.74) is 8.23. The number of ether oxygens (including phenoxy) is 2. The van der Waals surface area contributed by atoms with Gasteiger partial charge in [0, 0.05) is 11.6 Å². The van der Waals surface area contributed by atoms with Crippen LogP contribution in [-0.4, -0.2) is 12.7 Å². The Hall–Kier alpha value is -1.06. The summed E-state index contributed by atoms with van der Waals surface area (Å²) in [5.74, 6) is 1.70. The van der Waals surface area contributed by atoms with Crippen molar-refractivity contribution in [3.63, 3.8) is 0 Å². The van der Waals surface area contributed by atoms with Gasteiger partial charge >= 0.3 is 0 Å². The molecule has 0 heterocycles. The molecule has 0 saturated heterocycles. The molecule has 1 aromatic rings. The van der Waals surface area contributed by atoms with Gasteiger partial charge in [-0.3, -0.25) is 0 Å². The smallest absolute Gasteiger partial charge is 0.124 e. The van der Waals surface area contributed by atoms with Gasteiger partial charge in [-0.05, 0) is 50.3 Å². The van der Waals surface area contributed by atoms with Gasteiger partial charge in [0.05, 0.1) is 19.3 Å². The first-order chi connectivity index (χ1) is 10.1. The van der Waals surface area contributed by atoms with Crippen LogP contribution in [0.25, 0.3) is 0 Å². The monoisotopic (exact) mass is 291 g/mol. The van der Waals surface area contributed by atoms with Crippen molar-refractivity contribution in [1.82, 2.24) is 0 Å². The Morgan fingerprint density at radius 1 is 1.33 bits per heavy atom. The fourth-order valence-corrected chi connectivity index (χ4v) is 3.03. The Bertz CT molecular complexity index is 445. The largest absolute Gasteiger partial charge is 0.494 e. The van der Waals surface area contributed by atoms with Crippen molar-refractivity contribution in [2.75, 3.05) is 6.61 Å². The van der Waals surface area contributed by atoms with Crippen molar-refractivity contribution in [3.8, 4) is 5.75 Å². The molecule has 21 heavy (non-hydrogen) atoms. The van der Waals surface area contributed by atoms with E-state index in [2.05, 4.69) is 13.0 Å². The van der Waals surface area contributed by atoms with E-state index in [1.54, 1.807) is 0 Å². The maximum atomic E-state index is 6.14. The lowest BCUT2D eigenvalue weighted by molar-refractivity contribution is 0.00378. The van der Waals surface area contributed by atoms with Gasteiger partial charge in [0.2, 0.25) is 0 Å². The molecule has 1 aromatic carbocycles. The lowest BCUT2D eigenvalue weighted by atomic mass is 9.89. The minimum absolute atomic E-state index is 0.0362. The number of hydrogen-bond donors (Lipinski definition) is 1. The average Bonchev–Trinajstić information content (AvgIpc) is 2.46. The highest BCUT2D eigenvalue weighted by Crippen LogP contribution is 2.29. The maximum absolute atomic E-state index is 6.14. The van der Waals surface area contributed by atoms with E-state index >= 15 is 0 Å². The molecule has 1 aliphatic rings. The van der Waals surface area contributed by atoms with Crippen LogP contribution in [-0.2, 0) is 11.3 Å². The first-order valence-corrected chi connectivity index (χ1v) is 8.23. The Morgan fingerprint density at radius 3 is 2.81 bits per heavy atom. The molecule has 2 N–H and O–H groups in total. The van der Waals surface area contributed by atoms with E-state index in [0.29, 0.717) is 19.3 Å². The molecule has 2 rings (SSSR count). The minimum atomic E-state index is 0.0362. The number of hydrogen-bond acceptors (Lipinski definition) is 3. The molecule has 0 aromatic heterocycles. The zero-order valence-corrected chi connectivity index (χ0v) is 13.6. The Labute approximate surface area is 128 Å². The van der Waals surface area contributed by atoms with E-state index in [9.17, 15) is 0 Å². The first kappa shape index (κ1) is 16.3. The molecule has 3 nitrogen and oxygen atoms in total. The molecule has 0 spiro atoms. The zero-order chi connectivity index (χ0) is 15.2. The van der Waals surface area contributed by atoms with E-state index in [1.165, 1.54) is 25.7 Å². The highest BCUT2D eigenvalue weighted by molar-refractivity contribution is 5.38. The van der Waals surface area contributed by atoms with Gasteiger partial charge < -0.3 is 15.2 Å². The second-order valence-corrected chi connectivity index (χ2v) is 6.29. The molecule has 3 unspecified atom stereocenters. The van der Waals surface area contributed by atoms with E-state index < -0.39 is 0 Å². The second kappa shape index (κ2) is 7.81. The molecule has 3 heteroatoms. The summed E-state index contributed by atoms with van der Waals surface area (Å²) < 4.78 is 11.9. The summed E-state index contributed by atoms with van der Waals surface area (Å²) in [6, 6.07) is 6.22. The van der Waals surface area contributed by atoms with Crippen LogP contribution in [0.1, 0.15) is 63.6 Å². The highest BCUT2D eigenvalue weighted by Gasteiger charge is 2.20. The van der Waals surface area contributed by atoms with Gasteiger partial charge in [-0.15, -0.1) is 0 Å². The van der Waals surface area contributed by atoms with E-state index in [-0.39, 0.29) is 6.04 Å². The van der Waals surface area contributed by atoms with Crippen LogP contribution in [0, 0.1) is 5.92 Å². The van der Waals surface area contributed by atoms with Crippen molar-refractivity contribution < 1.29 is 9.47 Å². The van der Waals surface area contributed by atoms with Gasteiger partial charge in [0.1, 0.15) is 5.75 Å². The third-order valence-electron chi connectivity index (χ3n) is 4.27. The van der Waals surface area contributed by atoms with Gasteiger partial charge in [-0.1, -0.05) is 25.8 Å². The SMILES string of the molecule is CCOc1ccc(C(C)N)cc1COC1CCCC(C)C1. The molecule has 0 radical (unpaired) electrons. The third-order valence-corrected chi connectivity index (χ3v) is 4.27. The molecule has 0 aliphatic heterocycles. The predicted octanol–water partition coefficient (Wildman–Crippen LogP) is 4.20. The van der Waals surface area contributed by atoms with Crippen LogP contribution < -0.4 is 10.5 Å². The van der Waals surface area contributed by atoms with Crippen LogP contribution in [0.15, 0.2) is 18.2 Å². The van der Waals surface area contributed by atoms with Gasteiger partial charge in [-0.25, -0.2) is 0 Å². The molecule has 3 atom stereocenters. The van der Waals surface area contributed by atoms with Crippen LogP contribution in [0.2, 0.25) is 0 Å².